The van der Waals surface area contributed by atoms with E-state index in [1.54, 1.807) is 16.9 Å². The summed E-state index contributed by atoms with van der Waals surface area (Å²) in [6, 6.07) is 7.74. The van der Waals surface area contributed by atoms with E-state index in [1.807, 2.05) is 19.2 Å². The van der Waals surface area contributed by atoms with Crippen LogP contribution >= 0.6 is 0 Å². The van der Waals surface area contributed by atoms with Gasteiger partial charge in [0.25, 0.3) is 0 Å². The third-order valence-corrected chi connectivity index (χ3v) is 1.91. The Labute approximate surface area is 69.8 Å². The maximum Gasteiger partial charge on any atom is 0.0999 e. The van der Waals surface area contributed by atoms with Gasteiger partial charge in [0.2, 0.25) is 0 Å². The molecule has 0 spiro atoms. The highest BCUT2D eigenvalue weighted by Crippen LogP contribution is 2.16. The number of hydrogen-bond acceptors (Lipinski definition) is 2. The predicted octanol–water partition coefficient (Wildman–Crippen LogP) is 1.44. The molecule has 1 aromatic carbocycles. The lowest BCUT2D eigenvalue weighted by molar-refractivity contribution is 0.797. The second-order valence-electron chi connectivity index (χ2n) is 2.62. The Bertz CT molecular complexity index is 462. The van der Waals surface area contributed by atoms with Gasteiger partial charge in [-0.1, -0.05) is 6.07 Å². The van der Waals surface area contributed by atoms with Crippen molar-refractivity contribution in [2.75, 3.05) is 0 Å². The van der Waals surface area contributed by atoms with E-state index in [1.165, 1.54) is 0 Å². The van der Waals surface area contributed by atoms with Crippen LogP contribution in [-0.2, 0) is 7.05 Å². The molecule has 2 rings (SSSR count). The lowest BCUT2D eigenvalue weighted by Gasteiger charge is -1.93. The van der Waals surface area contributed by atoms with Gasteiger partial charge in [-0.3, -0.25) is 4.68 Å². The highest BCUT2D eigenvalue weighted by molar-refractivity contribution is 5.84. The van der Waals surface area contributed by atoms with Gasteiger partial charge in [-0.25, -0.2) is 0 Å². The van der Waals surface area contributed by atoms with E-state index < -0.39 is 0 Å². The van der Waals surface area contributed by atoms with Gasteiger partial charge in [-0.2, -0.15) is 10.4 Å². The summed E-state index contributed by atoms with van der Waals surface area (Å²) in [6.07, 6.45) is 1.72. The molecular formula is C9H7N3. The molecule has 12 heavy (non-hydrogen) atoms. The number of nitriles is 1. The molecule has 3 nitrogen and oxygen atoms in total. The molecule has 58 valence electrons. The van der Waals surface area contributed by atoms with Crippen LogP contribution in [0.3, 0.4) is 0 Å². The fraction of sp³-hybridized carbons (Fsp3) is 0.111. The SMILES string of the molecule is Cn1ncc2c(C#N)cccc21. The molecule has 0 bridgehead atoms. The van der Waals surface area contributed by atoms with Gasteiger partial charge in [0.05, 0.1) is 23.3 Å². The van der Waals surface area contributed by atoms with E-state index in [9.17, 15) is 0 Å². The van der Waals surface area contributed by atoms with Crippen molar-refractivity contribution >= 4 is 10.9 Å². The summed E-state index contributed by atoms with van der Waals surface area (Å²) in [7, 11) is 1.86. The van der Waals surface area contributed by atoms with Gasteiger partial charge in [-0.05, 0) is 12.1 Å². The van der Waals surface area contributed by atoms with Crippen molar-refractivity contribution in [2.24, 2.45) is 7.05 Å². The van der Waals surface area contributed by atoms with Crippen molar-refractivity contribution in [2.45, 2.75) is 0 Å². The zero-order valence-electron chi connectivity index (χ0n) is 6.65. The van der Waals surface area contributed by atoms with Crippen molar-refractivity contribution in [1.82, 2.24) is 9.78 Å². The van der Waals surface area contributed by atoms with Crippen molar-refractivity contribution in [3.05, 3.63) is 30.0 Å². The monoisotopic (exact) mass is 157 g/mol. The molecule has 0 N–H and O–H groups in total. The van der Waals surface area contributed by atoms with E-state index in [0.29, 0.717) is 5.56 Å². The fourth-order valence-corrected chi connectivity index (χ4v) is 1.27. The second-order valence-corrected chi connectivity index (χ2v) is 2.62. The molecule has 0 saturated heterocycles. The summed E-state index contributed by atoms with van der Waals surface area (Å²) >= 11 is 0. The molecular weight excluding hydrogens is 150 g/mol. The molecule has 0 unspecified atom stereocenters. The Hall–Kier alpha value is -1.82. The third kappa shape index (κ3) is 0.785. The van der Waals surface area contributed by atoms with Gasteiger partial charge in [0.1, 0.15) is 0 Å². The van der Waals surface area contributed by atoms with E-state index in [-0.39, 0.29) is 0 Å². The molecule has 3 heteroatoms. The lowest BCUT2D eigenvalue weighted by Crippen LogP contribution is -1.88. The number of fused-ring (bicyclic) bond motifs is 1. The van der Waals surface area contributed by atoms with E-state index in [4.69, 9.17) is 5.26 Å². The Balaban J connectivity index is 2.92. The molecule has 1 heterocycles. The van der Waals surface area contributed by atoms with Crippen LogP contribution in [0, 0.1) is 11.3 Å². The standard InChI is InChI=1S/C9H7N3/c1-12-9-4-2-3-7(5-10)8(9)6-11-12/h2-4,6H,1H3. The van der Waals surface area contributed by atoms with Crippen LogP contribution in [0.25, 0.3) is 10.9 Å². The van der Waals surface area contributed by atoms with Crippen molar-refractivity contribution in [3.8, 4) is 6.07 Å². The minimum absolute atomic E-state index is 0.681. The van der Waals surface area contributed by atoms with Gasteiger partial charge in [0, 0.05) is 12.4 Å². The molecule has 2 aromatic rings. The summed E-state index contributed by atoms with van der Waals surface area (Å²) < 4.78 is 1.76. The number of hydrogen-bond donors (Lipinski definition) is 0. The Morgan fingerprint density at radius 3 is 3.08 bits per heavy atom. The highest BCUT2D eigenvalue weighted by atomic mass is 15.2. The number of aryl methyl sites for hydroxylation is 1. The lowest BCUT2D eigenvalue weighted by atomic mass is 10.1. The quantitative estimate of drug-likeness (QED) is 0.580. The van der Waals surface area contributed by atoms with Gasteiger partial charge >= 0.3 is 0 Å². The maximum absolute atomic E-state index is 8.76. The number of nitrogens with zero attached hydrogens (tertiary/aromatic N) is 3. The molecule has 0 radical (unpaired) electrons. The Morgan fingerprint density at radius 1 is 1.50 bits per heavy atom. The minimum atomic E-state index is 0.681. The Morgan fingerprint density at radius 2 is 2.33 bits per heavy atom. The average molecular weight is 157 g/mol. The number of aromatic nitrogens is 2. The number of benzene rings is 1. The molecule has 0 amide bonds. The summed E-state index contributed by atoms with van der Waals surface area (Å²) in [5.74, 6) is 0. The topological polar surface area (TPSA) is 41.6 Å². The highest BCUT2D eigenvalue weighted by Gasteiger charge is 2.02. The fourth-order valence-electron chi connectivity index (χ4n) is 1.27. The minimum Gasteiger partial charge on any atom is -0.268 e. The van der Waals surface area contributed by atoms with Crippen LogP contribution < -0.4 is 0 Å². The largest absolute Gasteiger partial charge is 0.268 e. The summed E-state index contributed by atoms with van der Waals surface area (Å²) in [4.78, 5) is 0. The van der Waals surface area contributed by atoms with Gasteiger partial charge in [0.15, 0.2) is 0 Å². The summed E-state index contributed by atoms with van der Waals surface area (Å²) in [5.41, 5.74) is 1.68. The molecule has 1 aromatic heterocycles. The van der Waals surface area contributed by atoms with Crippen LogP contribution in [0.1, 0.15) is 5.56 Å². The van der Waals surface area contributed by atoms with Crippen LogP contribution in [0.5, 0.6) is 0 Å². The van der Waals surface area contributed by atoms with Crippen molar-refractivity contribution < 1.29 is 0 Å². The molecule has 0 aliphatic carbocycles. The first-order chi connectivity index (χ1) is 5.83. The van der Waals surface area contributed by atoms with Crippen LogP contribution in [0.2, 0.25) is 0 Å². The van der Waals surface area contributed by atoms with Crippen molar-refractivity contribution in [1.29, 1.82) is 5.26 Å². The zero-order valence-corrected chi connectivity index (χ0v) is 6.65. The van der Waals surface area contributed by atoms with Crippen LogP contribution in [-0.4, -0.2) is 9.78 Å². The second kappa shape index (κ2) is 2.35. The third-order valence-electron chi connectivity index (χ3n) is 1.91. The smallest absolute Gasteiger partial charge is 0.0999 e. The Kier molecular flexibility index (Phi) is 1.34. The van der Waals surface area contributed by atoms with Gasteiger partial charge in [-0.15, -0.1) is 0 Å². The normalized spacial score (nSPS) is 10.0. The summed E-state index contributed by atoms with van der Waals surface area (Å²) in [5, 5.41) is 13.7. The molecule has 0 atom stereocenters. The van der Waals surface area contributed by atoms with Crippen LogP contribution in [0.4, 0.5) is 0 Å². The molecule has 0 aliphatic rings. The average Bonchev–Trinajstić information content (AvgIpc) is 2.48. The summed E-state index contributed by atoms with van der Waals surface area (Å²) in [6.45, 7) is 0. The first-order valence-electron chi connectivity index (χ1n) is 3.64. The van der Waals surface area contributed by atoms with Gasteiger partial charge < -0.3 is 0 Å². The van der Waals surface area contributed by atoms with Crippen molar-refractivity contribution in [3.63, 3.8) is 0 Å². The zero-order chi connectivity index (χ0) is 8.55. The predicted molar refractivity (Wildman–Crippen MR) is 45.4 cm³/mol. The molecule has 0 saturated carbocycles. The first-order valence-corrected chi connectivity index (χ1v) is 3.64. The molecule has 0 aliphatic heterocycles. The van der Waals surface area contributed by atoms with Crippen LogP contribution in [0.15, 0.2) is 24.4 Å². The maximum atomic E-state index is 8.76. The molecule has 0 fully saturated rings. The first kappa shape index (κ1) is 6.86. The van der Waals surface area contributed by atoms with E-state index in [0.717, 1.165) is 10.9 Å². The van der Waals surface area contributed by atoms with E-state index >= 15 is 0 Å². The number of rotatable bonds is 0. The van der Waals surface area contributed by atoms with E-state index in [2.05, 4.69) is 11.2 Å².